The van der Waals surface area contributed by atoms with E-state index in [4.69, 9.17) is 16.3 Å². The summed E-state index contributed by atoms with van der Waals surface area (Å²) in [6.45, 7) is 1.25. The molecule has 0 saturated carbocycles. The van der Waals surface area contributed by atoms with E-state index >= 15 is 0 Å². The lowest BCUT2D eigenvalue weighted by Gasteiger charge is -2.13. The number of carbonyl (C=O) groups is 2. The number of benzene rings is 2. The first kappa shape index (κ1) is 16.3. The Kier molecular flexibility index (Phi) is 5.01. The molecule has 3 rings (SSSR count). The minimum absolute atomic E-state index is 0.196. The van der Waals surface area contributed by atoms with Crippen LogP contribution in [-0.4, -0.2) is 36.5 Å². The van der Waals surface area contributed by atoms with E-state index in [9.17, 15) is 9.59 Å². The zero-order valence-corrected chi connectivity index (χ0v) is 13.7. The van der Waals surface area contributed by atoms with E-state index in [1.165, 1.54) is 0 Å². The number of amides is 2. The highest BCUT2D eigenvalue weighted by atomic mass is 35.5. The van der Waals surface area contributed by atoms with E-state index in [1.54, 1.807) is 29.2 Å². The molecule has 0 bridgehead atoms. The maximum absolute atomic E-state index is 12.0. The van der Waals surface area contributed by atoms with Gasteiger partial charge >= 0.3 is 6.09 Å². The lowest BCUT2D eigenvalue weighted by atomic mass is 10.1. The first-order chi connectivity index (χ1) is 11.6. The highest BCUT2D eigenvalue weighted by Gasteiger charge is 2.31. The number of nitrogens with one attached hydrogen (secondary N) is 1. The topological polar surface area (TPSA) is 58.6 Å². The van der Waals surface area contributed by atoms with Crippen LogP contribution in [0, 0.1) is 0 Å². The van der Waals surface area contributed by atoms with Gasteiger partial charge in [0.1, 0.15) is 6.10 Å². The third-order valence-electron chi connectivity index (χ3n) is 3.83. The van der Waals surface area contributed by atoms with Gasteiger partial charge in [-0.1, -0.05) is 41.9 Å². The Morgan fingerprint density at radius 2 is 1.88 bits per heavy atom. The normalized spacial score (nSPS) is 16.8. The van der Waals surface area contributed by atoms with Crippen molar-refractivity contribution in [2.45, 2.75) is 6.10 Å². The molecule has 1 saturated heterocycles. The molecule has 1 fully saturated rings. The Bertz CT molecular complexity index is 719. The van der Waals surface area contributed by atoms with Crippen molar-refractivity contribution < 1.29 is 14.3 Å². The summed E-state index contributed by atoms with van der Waals surface area (Å²) in [6, 6.07) is 16.3. The molecule has 0 radical (unpaired) electrons. The lowest BCUT2D eigenvalue weighted by molar-refractivity contribution is 0.0948. The van der Waals surface area contributed by atoms with Crippen LogP contribution in [0.5, 0.6) is 0 Å². The van der Waals surface area contributed by atoms with Gasteiger partial charge in [0.05, 0.1) is 6.54 Å². The van der Waals surface area contributed by atoms with Gasteiger partial charge in [-0.3, -0.25) is 4.79 Å². The second-order valence-electron chi connectivity index (χ2n) is 5.49. The van der Waals surface area contributed by atoms with Crippen molar-refractivity contribution in [2.24, 2.45) is 0 Å². The summed E-state index contributed by atoms with van der Waals surface area (Å²) >= 11 is 5.80. The Balaban J connectivity index is 1.49. The molecule has 1 atom stereocenters. The van der Waals surface area contributed by atoms with E-state index in [-0.39, 0.29) is 18.1 Å². The molecule has 0 aromatic heterocycles. The first-order valence-corrected chi connectivity index (χ1v) is 8.05. The van der Waals surface area contributed by atoms with Gasteiger partial charge in [-0.15, -0.1) is 0 Å². The van der Waals surface area contributed by atoms with Gasteiger partial charge in [-0.05, 0) is 29.8 Å². The standard InChI is InChI=1S/C18H17ClN2O3/c19-15-8-6-14(7-9-15)17(22)20-10-11-21-12-16(24-18(21)23)13-4-2-1-3-5-13/h1-9,16H,10-12H2,(H,20,22). The van der Waals surface area contributed by atoms with E-state index < -0.39 is 0 Å². The molecule has 1 aliphatic rings. The molecule has 0 aliphatic carbocycles. The quantitative estimate of drug-likeness (QED) is 0.905. The monoisotopic (exact) mass is 344 g/mol. The Morgan fingerprint density at radius 3 is 2.58 bits per heavy atom. The minimum Gasteiger partial charge on any atom is -0.439 e. The molecule has 6 heteroatoms. The van der Waals surface area contributed by atoms with Crippen LogP contribution >= 0.6 is 11.6 Å². The summed E-state index contributed by atoms with van der Waals surface area (Å²) in [4.78, 5) is 25.5. The van der Waals surface area contributed by atoms with Crippen molar-refractivity contribution in [3.8, 4) is 0 Å². The molecule has 0 spiro atoms. The van der Waals surface area contributed by atoms with Crippen molar-refractivity contribution in [2.75, 3.05) is 19.6 Å². The molecule has 1 N–H and O–H groups in total. The minimum atomic E-state index is -0.357. The van der Waals surface area contributed by atoms with E-state index in [1.807, 2.05) is 30.3 Å². The SMILES string of the molecule is O=C(NCCN1CC(c2ccccc2)OC1=O)c1ccc(Cl)cc1. The third-order valence-corrected chi connectivity index (χ3v) is 4.08. The van der Waals surface area contributed by atoms with Crippen molar-refractivity contribution in [1.29, 1.82) is 0 Å². The molecule has 1 aliphatic heterocycles. The van der Waals surface area contributed by atoms with Crippen molar-refractivity contribution >= 4 is 23.6 Å². The lowest BCUT2D eigenvalue weighted by Crippen LogP contribution is -2.35. The molecule has 1 heterocycles. The van der Waals surface area contributed by atoms with Crippen molar-refractivity contribution in [3.63, 3.8) is 0 Å². The molecule has 2 amide bonds. The zero-order valence-electron chi connectivity index (χ0n) is 12.9. The summed E-state index contributed by atoms with van der Waals surface area (Å²) < 4.78 is 5.37. The summed E-state index contributed by atoms with van der Waals surface area (Å²) in [5.41, 5.74) is 1.50. The molecule has 124 valence electrons. The van der Waals surface area contributed by atoms with Gasteiger partial charge < -0.3 is 15.0 Å². The van der Waals surface area contributed by atoms with Crippen LogP contribution in [0.15, 0.2) is 54.6 Å². The van der Waals surface area contributed by atoms with Gasteiger partial charge in [-0.25, -0.2) is 4.79 Å². The second-order valence-corrected chi connectivity index (χ2v) is 5.93. The van der Waals surface area contributed by atoms with Crippen molar-refractivity contribution in [1.82, 2.24) is 10.2 Å². The summed E-state index contributed by atoms with van der Waals surface area (Å²) in [5, 5.41) is 3.37. The van der Waals surface area contributed by atoms with Crippen LogP contribution in [0.4, 0.5) is 4.79 Å². The number of hydrogen-bond donors (Lipinski definition) is 1. The average molecular weight is 345 g/mol. The van der Waals surface area contributed by atoms with Crippen LogP contribution < -0.4 is 5.32 Å². The van der Waals surface area contributed by atoms with Gasteiger partial charge in [0.2, 0.25) is 0 Å². The molecule has 2 aromatic rings. The number of carbonyl (C=O) groups excluding carboxylic acids is 2. The maximum atomic E-state index is 12.0. The third kappa shape index (κ3) is 3.86. The largest absolute Gasteiger partial charge is 0.439 e. The number of nitrogens with zero attached hydrogens (tertiary/aromatic N) is 1. The van der Waals surface area contributed by atoms with Crippen LogP contribution in [0.25, 0.3) is 0 Å². The van der Waals surface area contributed by atoms with E-state index in [2.05, 4.69) is 5.32 Å². The predicted octanol–water partition coefficient (Wildman–Crippen LogP) is 3.26. The molecule has 1 unspecified atom stereocenters. The maximum Gasteiger partial charge on any atom is 0.410 e. The molecular weight excluding hydrogens is 328 g/mol. The molecule has 2 aromatic carbocycles. The van der Waals surface area contributed by atoms with Gasteiger partial charge in [0.15, 0.2) is 0 Å². The summed E-state index contributed by atoms with van der Waals surface area (Å²) in [6.07, 6.45) is -0.615. The Hall–Kier alpha value is -2.53. The zero-order chi connectivity index (χ0) is 16.9. The van der Waals surface area contributed by atoms with E-state index in [0.717, 1.165) is 5.56 Å². The smallest absolute Gasteiger partial charge is 0.410 e. The number of halogens is 1. The Morgan fingerprint density at radius 1 is 1.17 bits per heavy atom. The molecule has 24 heavy (non-hydrogen) atoms. The number of rotatable bonds is 5. The van der Waals surface area contributed by atoms with Gasteiger partial charge in [0.25, 0.3) is 5.91 Å². The second kappa shape index (κ2) is 7.36. The van der Waals surface area contributed by atoms with Gasteiger partial charge in [0, 0.05) is 23.7 Å². The fourth-order valence-electron chi connectivity index (χ4n) is 2.54. The number of cyclic esters (lactones) is 1. The van der Waals surface area contributed by atoms with Crippen LogP contribution in [0.2, 0.25) is 5.02 Å². The highest BCUT2D eigenvalue weighted by Crippen LogP contribution is 2.25. The fraction of sp³-hybridized carbons (Fsp3) is 0.222. The predicted molar refractivity (Wildman–Crippen MR) is 91.0 cm³/mol. The highest BCUT2D eigenvalue weighted by molar-refractivity contribution is 6.30. The number of ether oxygens (including phenoxy) is 1. The van der Waals surface area contributed by atoms with Crippen LogP contribution in [-0.2, 0) is 4.74 Å². The van der Waals surface area contributed by atoms with Crippen LogP contribution in [0.3, 0.4) is 0 Å². The molecule has 5 nitrogen and oxygen atoms in total. The number of hydrogen-bond acceptors (Lipinski definition) is 3. The average Bonchev–Trinajstić information content (AvgIpc) is 2.97. The summed E-state index contributed by atoms with van der Waals surface area (Å²) in [7, 11) is 0. The van der Waals surface area contributed by atoms with Crippen LogP contribution in [0.1, 0.15) is 22.0 Å². The summed E-state index contributed by atoms with van der Waals surface area (Å²) in [5.74, 6) is -0.196. The molecular formula is C18H17ClN2O3. The fourth-order valence-corrected chi connectivity index (χ4v) is 2.67. The van der Waals surface area contributed by atoms with Crippen molar-refractivity contribution in [3.05, 3.63) is 70.7 Å². The van der Waals surface area contributed by atoms with E-state index in [0.29, 0.717) is 30.2 Å². The Labute approximate surface area is 145 Å². The first-order valence-electron chi connectivity index (χ1n) is 7.68. The van der Waals surface area contributed by atoms with Gasteiger partial charge in [-0.2, -0.15) is 0 Å².